The summed E-state index contributed by atoms with van der Waals surface area (Å²) >= 11 is -0.0167. The van der Waals surface area contributed by atoms with E-state index in [1.54, 1.807) is 0 Å². The Morgan fingerprint density at radius 2 is 0.500 bits per heavy atom. The standard InChI is InChI=1S/C24BF20.C16H18I/c26-5-1(6(27)14(35)21(42)13(5)34)25(2-7(28)15(36)22(43)16(37)8(2)29,3-9(30)17(38)23(44)18(39)10(3)31)4-11(32)19(40)24(45)20(41)12(4)33;1-12(2)14-6-10-16(11-7-14)17-15-8-4-13(3)5-9-15/h;4-12H,1-3H3/q2*-1. The number of halogens is 21. The summed E-state index contributed by atoms with van der Waals surface area (Å²) in [7, 11) is 0. The van der Waals surface area contributed by atoms with Gasteiger partial charge in [0.2, 0.25) is 0 Å². The number of hydrogen-bond acceptors (Lipinski definition) is 0. The van der Waals surface area contributed by atoms with Gasteiger partial charge < -0.3 is 0 Å². The summed E-state index contributed by atoms with van der Waals surface area (Å²) in [4.78, 5) is 0. The minimum absolute atomic E-state index is 0.0167. The van der Waals surface area contributed by atoms with Gasteiger partial charge in [0.15, 0.2) is 69.8 Å². The molecule has 0 aliphatic rings. The van der Waals surface area contributed by atoms with Gasteiger partial charge in [-0.05, 0) is 0 Å². The van der Waals surface area contributed by atoms with Crippen LogP contribution in [0.2, 0.25) is 0 Å². The van der Waals surface area contributed by atoms with E-state index in [0.717, 1.165) is 0 Å². The Morgan fingerprint density at radius 1 is 0.306 bits per heavy atom. The molecular weight excluding hydrogens is 998 g/mol. The van der Waals surface area contributed by atoms with Gasteiger partial charge in [0.25, 0.3) is 0 Å². The van der Waals surface area contributed by atoms with Crippen LogP contribution in [0.4, 0.5) is 87.8 Å². The van der Waals surface area contributed by atoms with Gasteiger partial charge in [0.05, 0.1) is 0 Å². The third-order valence-electron chi connectivity index (χ3n) is 9.47. The van der Waals surface area contributed by atoms with Crippen molar-refractivity contribution in [3.8, 4) is 0 Å². The van der Waals surface area contributed by atoms with Crippen molar-refractivity contribution in [1.29, 1.82) is 0 Å². The average molecular weight is 1020 g/mol. The maximum atomic E-state index is 15.4. The Balaban J connectivity index is 0.000000355. The van der Waals surface area contributed by atoms with Crippen molar-refractivity contribution in [2.45, 2.75) is 26.7 Å². The molecule has 6 rings (SSSR count). The molecule has 0 saturated heterocycles. The summed E-state index contributed by atoms with van der Waals surface area (Å²) < 4.78 is 297. The molecule has 0 saturated carbocycles. The molecule has 0 aliphatic heterocycles. The molecule has 0 aromatic heterocycles. The fourth-order valence-electron chi connectivity index (χ4n) is 6.51. The Labute approximate surface area is 346 Å². The fourth-order valence-corrected chi connectivity index (χ4v) is 8.66. The van der Waals surface area contributed by atoms with Crippen LogP contribution in [0.1, 0.15) is 30.9 Å². The van der Waals surface area contributed by atoms with Crippen LogP contribution in [0.15, 0.2) is 48.5 Å². The van der Waals surface area contributed by atoms with Crippen molar-refractivity contribution in [2.24, 2.45) is 0 Å². The normalized spacial score (nSPS) is 11.7. The smallest absolute Gasteiger partial charge is 0.200 e. The summed E-state index contributed by atoms with van der Waals surface area (Å²) in [5.41, 5.74) is -11.6. The molecule has 0 amide bonds. The van der Waals surface area contributed by atoms with E-state index in [-0.39, 0.29) is 21.2 Å². The summed E-state index contributed by atoms with van der Waals surface area (Å²) in [5.74, 6) is -70.8. The Morgan fingerprint density at radius 3 is 0.710 bits per heavy atom. The van der Waals surface area contributed by atoms with Crippen molar-refractivity contribution in [3.05, 3.63) is 183 Å². The van der Waals surface area contributed by atoms with Gasteiger partial charge in [-0.15, -0.1) is 21.9 Å². The predicted octanol–water partition coefficient (Wildman–Crippen LogP) is 7.09. The van der Waals surface area contributed by atoms with Crippen LogP contribution < -0.4 is 43.1 Å². The third-order valence-corrected chi connectivity index (χ3v) is 12.2. The van der Waals surface area contributed by atoms with E-state index in [0.29, 0.717) is 5.92 Å². The van der Waals surface area contributed by atoms with E-state index in [1.807, 2.05) is 0 Å². The Kier molecular flexibility index (Phi) is 13.7. The predicted molar refractivity (Wildman–Crippen MR) is 178 cm³/mol. The van der Waals surface area contributed by atoms with Gasteiger partial charge in [-0.1, -0.05) is 0 Å². The molecule has 22 heteroatoms. The maximum Gasteiger partial charge on any atom is 0.200 e. The van der Waals surface area contributed by atoms with Crippen molar-refractivity contribution >= 4 is 28.0 Å². The first kappa shape index (κ1) is 47.8. The largest absolute Gasteiger partial charge is 0.207 e. The van der Waals surface area contributed by atoms with Crippen molar-refractivity contribution in [1.82, 2.24) is 0 Å². The molecule has 0 N–H and O–H groups in total. The Bertz CT molecular complexity index is 2360. The first-order chi connectivity index (χ1) is 28.8. The number of hydrogen-bond donors (Lipinski definition) is 0. The van der Waals surface area contributed by atoms with Gasteiger partial charge in [-0.25, -0.2) is 87.8 Å². The first-order valence-electron chi connectivity index (χ1n) is 16.9. The molecule has 0 unspecified atom stereocenters. The first-order valence-corrected chi connectivity index (χ1v) is 19.1. The number of benzene rings is 6. The summed E-state index contributed by atoms with van der Waals surface area (Å²) in [5, 5.41) is 0. The van der Waals surface area contributed by atoms with E-state index >= 15 is 35.1 Å². The minimum atomic E-state index is -7.22. The zero-order valence-corrected chi connectivity index (χ0v) is 32.9. The second kappa shape index (κ2) is 17.8. The van der Waals surface area contributed by atoms with Crippen molar-refractivity contribution < 1.29 is 109 Å². The summed E-state index contributed by atoms with van der Waals surface area (Å²) in [6.07, 6.45) is -7.22. The van der Waals surface area contributed by atoms with Crippen LogP contribution in [0.25, 0.3) is 0 Å². The number of rotatable bonds is 7. The molecule has 0 spiro atoms. The maximum absolute atomic E-state index is 15.4. The van der Waals surface area contributed by atoms with Gasteiger partial charge in [0.1, 0.15) is 52.7 Å². The SMILES string of the molecule is Cc1ccc([I-]c2ccc(C(C)C)cc2)cc1.Fc1c(F)c(F)c([B-](c2c(F)c(F)c(F)c(F)c2F)(c2c(F)c(F)c(F)c(F)c2F)c2c(F)c(F)c(F)c(F)c2F)c(F)c1F. The zero-order chi connectivity index (χ0) is 46.6. The summed E-state index contributed by atoms with van der Waals surface area (Å²) in [6, 6.07) is 18.1. The quantitative estimate of drug-likeness (QED) is 0.0528. The average Bonchev–Trinajstić information content (AvgIpc) is 3.24. The van der Waals surface area contributed by atoms with E-state index in [2.05, 4.69) is 69.3 Å². The molecule has 0 fully saturated rings. The van der Waals surface area contributed by atoms with Crippen LogP contribution in [-0.2, 0) is 0 Å². The number of aryl methyl sites for hydroxylation is 1. The van der Waals surface area contributed by atoms with Crippen LogP contribution in [0.5, 0.6) is 0 Å². The van der Waals surface area contributed by atoms with Gasteiger partial charge >= 0.3 is 115 Å². The second-order valence-corrected chi connectivity index (χ2v) is 16.4. The molecule has 0 radical (unpaired) electrons. The molecule has 0 bridgehead atoms. The third kappa shape index (κ3) is 7.75. The van der Waals surface area contributed by atoms with E-state index in [9.17, 15) is 52.7 Å². The van der Waals surface area contributed by atoms with E-state index in [1.165, 1.54) is 18.3 Å². The van der Waals surface area contributed by atoms with E-state index in [4.69, 9.17) is 0 Å². The van der Waals surface area contributed by atoms with Crippen LogP contribution in [-0.4, -0.2) is 6.15 Å². The summed E-state index contributed by atoms with van der Waals surface area (Å²) in [6.45, 7) is 6.62. The Hall–Kier alpha value is -5.29. The molecule has 0 aliphatic carbocycles. The molecule has 0 nitrogen and oxygen atoms in total. The minimum Gasteiger partial charge on any atom is -0.207 e. The molecule has 62 heavy (non-hydrogen) atoms. The molecule has 0 heterocycles. The molecule has 330 valence electrons. The fraction of sp³-hybridized carbons (Fsp3) is 0.100. The van der Waals surface area contributed by atoms with Crippen molar-refractivity contribution in [2.75, 3.05) is 0 Å². The molecule has 0 atom stereocenters. The molecule has 6 aromatic carbocycles. The monoisotopic (exact) mass is 1020 g/mol. The van der Waals surface area contributed by atoms with Gasteiger partial charge in [-0.3, -0.25) is 0 Å². The van der Waals surface area contributed by atoms with E-state index < -0.39 is 144 Å². The topological polar surface area (TPSA) is 0 Å². The van der Waals surface area contributed by atoms with Crippen molar-refractivity contribution in [3.63, 3.8) is 0 Å². The van der Waals surface area contributed by atoms with Crippen LogP contribution in [0.3, 0.4) is 0 Å². The zero-order valence-electron chi connectivity index (χ0n) is 30.7. The van der Waals surface area contributed by atoms with Crippen LogP contribution in [0, 0.1) is 130 Å². The van der Waals surface area contributed by atoms with Crippen LogP contribution >= 0.6 is 0 Å². The van der Waals surface area contributed by atoms with Gasteiger partial charge in [0, 0.05) is 0 Å². The molecule has 6 aromatic rings. The molecular formula is C40H18BF20I-2. The van der Waals surface area contributed by atoms with Gasteiger partial charge in [-0.2, -0.15) is 0 Å². The second-order valence-electron chi connectivity index (χ2n) is 13.4.